The van der Waals surface area contributed by atoms with Crippen molar-refractivity contribution in [3.8, 4) is 16.9 Å². The summed E-state index contributed by atoms with van der Waals surface area (Å²) >= 11 is 0. The molecule has 2 aromatic rings. The van der Waals surface area contributed by atoms with Gasteiger partial charge in [-0.05, 0) is 79.7 Å². The SMILES string of the molecule is CCC1CCC(c2ccc(-c3ccc(OCC4CCC(OC)C=C4F)cc3)c(F)c2F)CC1. The maximum Gasteiger partial charge on any atom is 0.166 e. The zero-order valence-electron chi connectivity index (χ0n) is 19.5. The Morgan fingerprint density at radius 2 is 1.58 bits per heavy atom. The molecule has 178 valence electrons. The van der Waals surface area contributed by atoms with Gasteiger partial charge in [0, 0.05) is 18.6 Å². The smallest absolute Gasteiger partial charge is 0.166 e. The van der Waals surface area contributed by atoms with Gasteiger partial charge < -0.3 is 9.47 Å². The van der Waals surface area contributed by atoms with E-state index in [1.807, 2.05) is 0 Å². The Labute approximate surface area is 194 Å². The molecule has 2 unspecified atom stereocenters. The highest BCUT2D eigenvalue weighted by Gasteiger charge is 2.26. The van der Waals surface area contributed by atoms with Crippen LogP contribution in [-0.2, 0) is 4.74 Å². The largest absolute Gasteiger partial charge is 0.493 e. The molecule has 1 fully saturated rings. The van der Waals surface area contributed by atoms with Gasteiger partial charge in [-0.25, -0.2) is 13.2 Å². The quantitative estimate of drug-likeness (QED) is 0.419. The molecule has 5 heteroatoms. The fourth-order valence-electron chi connectivity index (χ4n) is 5.16. The van der Waals surface area contributed by atoms with Crippen molar-refractivity contribution in [2.75, 3.05) is 13.7 Å². The van der Waals surface area contributed by atoms with Gasteiger partial charge in [0.2, 0.25) is 0 Å². The molecule has 4 rings (SSSR count). The lowest BCUT2D eigenvalue weighted by Gasteiger charge is -2.28. The fraction of sp³-hybridized carbons (Fsp3) is 0.500. The van der Waals surface area contributed by atoms with Gasteiger partial charge >= 0.3 is 0 Å². The Balaban J connectivity index is 1.41. The maximum absolute atomic E-state index is 15.0. The summed E-state index contributed by atoms with van der Waals surface area (Å²) in [5.74, 6) is -0.621. The van der Waals surface area contributed by atoms with Crippen molar-refractivity contribution in [1.82, 2.24) is 0 Å². The topological polar surface area (TPSA) is 18.5 Å². The Kier molecular flexibility index (Phi) is 7.79. The van der Waals surface area contributed by atoms with Gasteiger partial charge in [0.25, 0.3) is 0 Å². The Hall–Kier alpha value is -2.27. The van der Waals surface area contributed by atoms with E-state index in [2.05, 4.69) is 6.92 Å². The standard InChI is InChI=1S/C28H33F3O2/c1-3-18-4-6-19(7-5-18)24-14-15-25(28(31)27(24)30)20-8-11-22(12-9-20)33-17-21-10-13-23(32-2)16-26(21)29/h8-9,11-12,14-16,18-19,21,23H,3-7,10,13,17H2,1-2H3. The van der Waals surface area contributed by atoms with Crippen LogP contribution in [0.15, 0.2) is 48.3 Å². The molecule has 0 amide bonds. The van der Waals surface area contributed by atoms with Crippen molar-refractivity contribution in [2.45, 2.75) is 63.9 Å². The van der Waals surface area contributed by atoms with Crippen LogP contribution in [0.5, 0.6) is 5.75 Å². The average Bonchev–Trinajstić information content (AvgIpc) is 2.85. The van der Waals surface area contributed by atoms with Crippen LogP contribution in [-0.4, -0.2) is 19.8 Å². The maximum atomic E-state index is 15.0. The van der Waals surface area contributed by atoms with Crippen LogP contribution < -0.4 is 4.74 Å². The summed E-state index contributed by atoms with van der Waals surface area (Å²) in [7, 11) is 1.58. The molecule has 0 saturated heterocycles. The lowest BCUT2D eigenvalue weighted by Crippen LogP contribution is -2.22. The highest BCUT2D eigenvalue weighted by Crippen LogP contribution is 2.40. The lowest BCUT2D eigenvalue weighted by atomic mass is 9.77. The van der Waals surface area contributed by atoms with E-state index in [0.717, 1.165) is 38.5 Å². The third kappa shape index (κ3) is 5.46. The molecule has 0 aromatic heterocycles. The molecule has 0 aliphatic heterocycles. The number of benzene rings is 2. The lowest BCUT2D eigenvalue weighted by molar-refractivity contribution is 0.107. The molecular weight excluding hydrogens is 425 g/mol. The van der Waals surface area contributed by atoms with E-state index in [4.69, 9.17) is 9.47 Å². The molecule has 0 heterocycles. The van der Waals surface area contributed by atoms with Gasteiger partial charge in [-0.15, -0.1) is 0 Å². The summed E-state index contributed by atoms with van der Waals surface area (Å²) in [6.45, 7) is 2.43. The van der Waals surface area contributed by atoms with Crippen molar-refractivity contribution in [3.05, 3.63) is 65.5 Å². The molecule has 0 spiro atoms. The predicted octanol–water partition coefficient (Wildman–Crippen LogP) is 7.97. The highest BCUT2D eigenvalue weighted by molar-refractivity contribution is 5.65. The molecule has 0 radical (unpaired) electrons. The first kappa shape index (κ1) is 23.9. The van der Waals surface area contributed by atoms with E-state index in [-0.39, 0.29) is 35.9 Å². The monoisotopic (exact) mass is 458 g/mol. The van der Waals surface area contributed by atoms with E-state index in [1.54, 1.807) is 43.5 Å². The Morgan fingerprint density at radius 3 is 2.21 bits per heavy atom. The van der Waals surface area contributed by atoms with Crippen LogP contribution in [0, 0.1) is 23.5 Å². The van der Waals surface area contributed by atoms with Crippen molar-refractivity contribution in [1.29, 1.82) is 0 Å². The minimum absolute atomic E-state index is 0.0977. The van der Waals surface area contributed by atoms with Gasteiger partial charge in [-0.3, -0.25) is 0 Å². The van der Waals surface area contributed by atoms with Gasteiger partial charge in [0.15, 0.2) is 11.6 Å². The molecule has 2 aromatic carbocycles. The van der Waals surface area contributed by atoms with Crippen LogP contribution >= 0.6 is 0 Å². The molecular formula is C28H33F3O2. The van der Waals surface area contributed by atoms with E-state index in [0.29, 0.717) is 29.2 Å². The van der Waals surface area contributed by atoms with E-state index < -0.39 is 11.6 Å². The number of halogens is 3. The zero-order valence-corrected chi connectivity index (χ0v) is 19.5. The second kappa shape index (κ2) is 10.8. The first-order valence-electron chi connectivity index (χ1n) is 12.1. The summed E-state index contributed by atoms with van der Waals surface area (Å²) in [5, 5.41) is 0. The summed E-state index contributed by atoms with van der Waals surface area (Å²) in [4.78, 5) is 0. The van der Waals surface area contributed by atoms with Crippen LogP contribution in [0.2, 0.25) is 0 Å². The zero-order chi connectivity index (χ0) is 23.4. The molecule has 2 atom stereocenters. The van der Waals surface area contributed by atoms with Crippen molar-refractivity contribution in [2.24, 2.45) is 11.8 Å². The van der Waals surface area contributed by atoms with Crippen LogP contribution in [0.25, 0.3) is 11.1 Å². The normalized spacial score (nSPS) is 25.5. The first-order chi connectivity index (χ1) is 16.0. The molecule has 2 aliphatic rings. The first-order valence-corrected chi connectivity index (χ1v) is 12.1. The average molecular weight is 459 g/mol. The summed E-state index contributed by atoms with van der Waals surface area (Å²) in [6.07, 6.45) is 7.92. The molecule has 33 heavy (non-hydrogen) atoms. The second-order valence-corrected chi connectivity index (χ2v) is 9.39. The van der Waals surface area contributed by atoms with Crippen LogP contribution in [0.4, 0.5) is 13.2 Å². The van der Waals surface area contributed by atoms with E-state index in [1.165, 1.54) is 6.08 Å². The Morgan fingerprint density at radius 1 is 0.848 bits per heavy atom. The number of methoxy groups -OCH3 is 1. The second-order valence-electron chi connectivity index (χ2n) is 9.39. The highest BCUT2D eigenvalue weighted by atomic mass is 19.2. The number of hydrogen-bond acceptors (Lipinski definition) is 2. The minimum atomic E-state index is -0.791. The summed E-state index contributed by atoms with van der Waals surface area (Å²) in [6, 6.07) is 10.3. The van der Waals surface area contributed by atoms with Gasteiger partial charge in [0.1, 0.15) is 11.6 Å². The van der Waals surface area contributed by atoms with Crippen molar-refractivity contribution >= 4 is 0 Å². The number of hydrogen-bond donors (Lipinski definition) is 0. The van der Waals surface area contributed by atoms with Crippen LogP contribution in [0.1, 0.15) is 63.4 Å². The van der Waals surface area contributed by atoms with Crippen molar-refractivity contribution in [3.63, 3.8) is 0 Å². The van der Waals surface area contributed by atoms with Gasteiger partial charge in [-0.1, -0.05) is 37.6 Å². The van der Waals surface area contributed by atoms with Gasteiger partial charge in [0.05, 0.1) is 12.7 Å². The number of ether oxygens (including phenoxy) is 2. The third-order valence-electron chi connectivity index (χ3n) is 7.43. The molecule has 0 N–H and O–H groups in total. The van der Waals surface area contributed by atoms with E-state index in [9.17, 15) is 13.2 Å². The minimum Gasteiger partial charge on any atom is -0.493 e. The summed E-state index contributed by atoms with van der Waals surface area (Å²) in [5.41, 5.74) is 1.34. The molecule has 1 saturated carbocycles. The van der Waals surface area contributed by atoms with Crippen LogP contribution in [0.3, 0.4) is 0 Å². The van der Waals surface area contributed by atoms with Gasteiger partial charge in [-0.2, -0.15) is 0 Å². The third-order valence-corrected chi connectivity index (χ3v) is 7.43. The molecule has 2 aliphatic carbocycles. The van der Waals surface area contributed by atoms with E-state index >= 15 is 0 Å². The van der Waals surface area contributed by atoms with Crippen molar-refractivity contribution < 1.29 is 22.6 Å². The Bertz CT molecular complexity index is 962. The summed E-state index contributed by atoms with van der Waals surface area (Å²) < 4.78 is 55.1. The predicted molar refractivity (Wildman–Crippen MR) is 125 cm³/mol. The molecule has 2 nitrogen and oxygen atoms in total. The molecule has 0 bridgehead atoms. The number of rotatable bonds is 7. The fourth-order valence-corrected chi connectivity index (χ4v) is 5.16.